The minimum atomic E-state index is -0.987. The van der Waals surface area contributed by atoms with Crippen LogP contribution in [0.4, 0.5) is 0 Å². The van der Waals surface area contributed by atoms with Gasteiger partial charge in [-0.1, -0.05) is 63.7 Å². The van der Waals surface area contributed by atoms with Gasteiger partial charge in [0.05, 0.1) is 0 Å². The van der Waals surface area contributed by atoms with Gasteiger partial charge in [-0.25, -0.2) is 0 Å². The molecule has 1 heterocycles. The Morgan fingerprint density at radius 3 is 1.24 bits per heavy atom. The van der Waals surface area contributed by atoms with E-state index in [9.17, 15) is 0 Å². The molecule has 0 atom stereocenters. The monoisotopic (exact) mass is 536 g/mol. The molecule has 0 saturated heterocycles. The number of ether oxygens (including phenoxy) is 2. The molecule has 0 saturated carbocycles. The second-order valence-electron chi connectivity index (χ2n) is 4.44. The summed E-state index contributed by atoms with van der Waals surface area (Å²) in [6.07, 6.45) is 3.12. The number of rotatable bonds is 2. The third-order valence-electron chi connectivity index (χ3n) is 3.01. The SMILES string of the molecule is Brc1cc(Br)cc(C2(c3cc(Br)cc(Br)c3)OC=CO2)c1. The minimum Gasteiger partial charge on any atom is -0.449 e. The molecule has 0 spiro atoms. The fraction of sp³-hybridized carbons (Fsp3) is 0.0667. The molecular formula is C15H8Br4O2. The maximum Gasteiger partial charge on any atom is 0.304 e. The number of benzene rings is 2. The van der Waals surface area contributed by atoms with E-state index in [1.807, 2.05) is 36.4 Å². The first-order valence-corrected chi connectivity index (χ1v) is 9.11. The number of hydrogen-bond donors (Lipinski definition) is 0. The van der Waals surface area contributed by atoms with Crippen LogP contribution in [0.5, 0.6) is 0 Å². The van der Waals surface area contributed by atoms with Gasteiger partial charge in [-0.3, -0.25) is 0 Å². The zero-order chi connectivity index (χ0) is 15.0. The van der Waals surface area contributed by atoms with Gasteiger partial charge in [-0.2, -0.15) is 0 Å². The highest BCUT2D eigenvalue weighted by Crippen LogP contribution is 2.42. The normalized spacial score (nSPS) is 15.6. The Bertz CT molecular complexity index is 626. The van der Waals surface area contributed by atoms with Gasteiger partial charge in [0.25, 0.3) is 0 Å². The first-order valence-electron chi connectivity index (χ1n) is 5.93. The van der Waals surface area contributed by atoms with Crippen molar-refractivity contribution in [3.63, 3.8) is 0 Å². The molecule has 2 nitrogen and oxygen atoms in total. The van der Waals surface area contributed by atoms with Crippen molar-refractivity contribution in [2.75, 3.05) is 0 Å². The van der Waals surface area contributed by atoms with Crippen LogP contribution in [0.25, 0.3) is 0 Å². The predicted molar refractivity (Wildman–Crippen MR) is 95.8 cm³/mol. The third-order valence-corrected chi connectivity index (χ3v) is 4.84. The molecular weight excluding hydrogens is 532 g/mol. The Hall–Kier alpha value is -0.300. The molecule has 21 heavy (non-hydrogen) atoms. The van der Waals surface area contributed by atoms with Gasteiger partial charge in [0.1, 0.15) is 12.5 Å². The Kier molecular flexibility index (Phi) is 4.50. The molecule has 0 aromatic heterocycles. The lowest BCUT2D eigenvalue weighted by atomic mass is 9.97. The molecule has 1 aliphatic heterocycles. The van der Waals surface area contributed by atoms with Crippen molar-refractivity contribution < 1.29 is 9.47 Å². The zero-order valence-corrected chi connectivity index (χ0v) is 16.8. The van der Waals surface area contributed by atoms with Crippen LogP contribution in [0.3, 0.4) is 0 Å². The van der Waals surface area contributed by atoms with Crippen LogP contribution in [0, 0.1) is 0 Å². The minimum absolute atomic E-state index is 0.888. The van der Waals surface area contributed by atoms with Crippen molar-refractivity contribution in [2.45, 2.75) is 5.79 Å². The first-order chi connectivity index (χ1) is 9.99. The van der Waals surface area contributed by atoms with Gasteiger partial charge in [-0.05, 0) is 36.4 Å². The van der Waals surface area contributed by atoms with Crippen molar-refractivity contribution in [3.05, 3.63) is 77.9 Å². The van der Waals surface area contributed by atoms with Crippen molar-refractivity contribution in [1.29, 1.82) is 0 Å². The summed E-state index contributed by atoms with van der Waals surface area (Å²) < 4.78 is 15.5. The second kappa shape index (κ2) is 6.07. The summed E-state index contributed by atoms with van der Waals surface area (Å²) in [4.78, 5) is 0. The van der Waals surface area contributed by atoms with E-state index < -0.39 is 5.79 Å². The van der Waals surface area contributed by atoms with E-state index in [0.29, 0.717) is 0 Å². The molecule has 0 N–H and O–H groups in total. The molecule has 108 valence electrons. The van der Waals surface area contributed by atoms with E-state index in [1.54, 1.807) is 12.5 Å². The summed E-state index contributed by atoms with van der Waals surface area (Å²) in [5.74, 6) is -0.987. The van der Waals surface area contributed by atoms with Crippen molar-refractivity contribution >= 4 is 63.7 Å². The average molecular weight is 540 g/mol. The van der Waals surface area contributed by atoms with Gasteiger partial charge >= 0.3 is 5.79 Å². The Morgan fingerprint density at radius 1 is 0.571 bits per heavy atom. The largest absolute Gasteiger partial charge is 0.449 e. The topological polar surface area (TPSA) is 18.5 Å². The highest BCUT2D eigenvalue weighted by Gasteiger charge is 2.41. The van der Waals surface area contributed by atoms with Gasteiger partial charge in [0.15, 0.2) is 0 Å². The molecule has 1 aliphatic rings. The standard InChI is InChI=1S/C15H8Br4O2/c16-11-3-9(4-12(17)7-11)15(20-1-2-21-15)10-5-13(18)8-14(19)6-10/h1-8H. The maximum absolute atomic E-state index is 5.85. The molecule has 3 rings (SSSR count). The Balaban J connectivity index is 2.20. The molecule has 2 aromatic carbocycles. The smallest absolute Gasteiger partial charge is 0.304 e. The maximum atomic E-state index is 5.85. The van der Waals surface area contributed by atoms with Crippen molar-refractivity contribution in [3.8, 4) is 0 Å². The van der Waals surface area contributed by atoms with Gasteiger partial charge in [0, 0.05) is 29.0 Å². The van der Waals surface area contributed by atoms with E-state index >= 15 is 0 Å². The van der Waals surface area contributed by atoms with Crippen LogP contribution in [0.1, 0.15) is 11.1 Å². The molecule has 0 bridgehead atoms. The molecule has 0 aliphatic carbocycles. The summed E-state index contributed by atoms with van der Waals surface area (Å²) in [5.41, 5.74) is 1.78. The van der Waals surface area contributed by atoms with E-state index in [1.165, 1.54) is 0 Å². The summed E-state index contributed by atoms with van der Waals surface area (Å²) in [6.45, 7) is 0. The summed E-state index contributed by atoms with van der Waals surface area (Å²) in [6, 6.07) is 11.9. The van der Waals surface area contributed by atoms with Crippen LogP contribution in [-0.2, 0) is 15.3 Å². The predicted octanol–water partition coefficient (Wildman–Crippen LogP) is 6.46. The average Bonchev–Trinajstić information content (AvgIpc) is 2.86. The van der Waals surface area contributed by atoms with E-state index in [0.717, 1.165) is 29.0 Å². The highest BCUT2D eigenvalue weighted by atomic mass is 79.9. The van der Waals surface area contributed by atoms with E-state index in [2.05, 4.69) is 63.7 Å². The van der Waals surface area contributed by atoms with Crippen LogP contribution in [-0.4, -0.2) is 0 Å². The molecule has 0 radical (unpaired) electrons. The van der Waals surface area contributed by atoms with Gasteiger partial charge < -0.3 is 9.47 Å². The fourth-order valence-corrected chi connectivity index (χ4v) is 4.79. The zero-order valence-electron chi connectivity index (χ0n) is 10.4. The highest BCUT2D eigenvalue weighted by molar-refractivity contribution is 9.11. The quantitative estimate of drug-likeness (QED) is 0.436. The molecule has 6 heteroatoms. The van der Waals surface area contributed by atoms with Crippen LogP contribution >= 0.6 is 63.7 Å². The lowest BCUT2D eigenvalue weighted by Crippen LogP contribution is -2.28. The number of hydrogen-bond acceptors (Lipinski definition) is 2. The lowest BCUT2D eigenvalue weighted by Gasteiger charge is -2.29. The third kappa shape index (κ3) is 3.09. The summed E-state index contributed by atoms with van der Waals surface area (Å²) >= 11 is 14.0. The molecule has 0 fully saturated rings. The Morgan fingerprint density at radius 2 is 0.905 bits per heavy atom. The molecule has 0 unspecified atom stereocenters. The summed E-state index contributed by atoms with van der Waals surface area (Å²) in [5, 5.41) is 0. The Labute approximate surface area is 156 Å². The van der Waals surface area contributed by atoms with E-state index in [-0.39, 0.29) is 0 Å². The van der Waals surface area contributed by atoms with Crippen molar-refractivity contribution in [2.24, 2.45) is 0 Å². The van der Waals surface area contributed by atoms with Crippen LogP contribution < -0.4 is 0 Å². The lowest BCUT2D eigenvalue weighted by molar-refractivity contribution is -0.112. The molecule has 0 amide bonds. The first kappa shape index (κ1) is 15.6. The number of halogens is 4. The van der Waals surface area contributed by atoms with Crippen molar-refractivity contribution in [1.82, 2.24) is 0 Å². The van der Waals surface area contributed by atoms with Gasteiger partial charge in [0.2, 0.25) is 0 Å². The van der Waals surface area contributed by atoms with Crippen LogP contribution in [0.15, 0.2) is 66.8 Å². The fourth-order valence-electron chi connectivity index (χ4n) is 2.20. The van der Waals surface area contributed by atoms with E-state index in [4.69, 9.17) is 9.47 Å². The molecule has 2 aromatic rings. The summed E-state index contributed by atoms with van der Waals surface area (Å²) in [7, 11) is 0. The van der Waals surface area contributed by atoms with Gasteiger partial charge in [-0.15, -0.1) is 0 Å². The second-order valence-corrected chi connectivity index (χ2v) is 8.10. The van der Waals surface area contributed by atoms with Crippen LogP contribution in [0.2, 0.25) is 0 Å².